The number of hydrogen-bond donors (Lipinski definition) is 3. The van der Waals surface area contributed by atoms with Crippen LogP contribution >= 0.6 is 11.6 Å². The topological polar surface area (TPSA) is 77.1 Å². The van der Waals surface area contributed by atoms with Gasteiger partial charge in [-0.05, 0) is 86.7 Å². The van der Waals surface area contributed by atoms with Crippen LogP contribution in [0.4, 0.5) is 33.7 Å². The van der Waals surface area contributed by atoms with Crippen LogP contribution in [0.15, 0.2) is 36.4 Å². The summed E-state index contributed by atoms with van der Waals surface area (Å²) in [7, 11) is 0. The first-order valence-electron chi connectivity index (χ1n) is 13.1. The molecule has 212 valence electrons. The summed E-state index contributed by atoms with van der Waals surface area (Å²) in [6, 6.07) is 8.10. The van der Waals surface area contributed by atoms with E-state index in [4.69, 9.17) is 11.6 Å². The predicted molar refractivity (Wildman–Crippen MR) is 140 cm³/mol. The molecule has 2 aromatic rings. The highest BCUT2D eigenvalue weighted by Gasteiger charge is 2.42. The molecule has 0 aromatic heterocycles. The number of hydrogen-bond acceptors (Lipinski definition) is 5. The van der Waals surface area contributed by atoms with Crippen molar-refractivity contribution in [3.8, 4) is 5.75 Å². The van der Waals surface area contributed by atoms with Gasteiger partial charge in [0.05, 0.1) is 11.1 Å². The molecule has 2 fully saturated rings. The summed E-state index contributed by atoms with van der Waals surface area (Å²) in [5, 5.41) is 16.7. The summed E-state index contributed by atoms with van der Waals surface area (Å²) >= 11 is 5.86. The molecule has 0 radical (unpaired) electrons. The number of halogens is 5. The monoisotopic (exact) mass is 570 g/mol. The second kappa shape index (κ2) is 11.0. The number of benzene rings is 2. The minimum Gasteiger partial charge on any atom is -0.404 e. The van der Waals surface area contributed by atoms with Crippen LogP contribution in [0.5, 0.6) is 5.75 Å². The Kier molecular flexibility index (Phi) is 7.85. The molecule has 12 heteroatoms. The minimum absolute atomic E-state index is 0.0566. The Labute approximate surface area is 229 Å². The number of ether oxygens (including phenoxy) is 1. The molecule has 0 aliphatic carbocycles. The molecule has 5 rings (SSSR count). The minimum atomic E-state index is -4.86. The zero-order valence-corrected chi connectivity index (χ0v) is 22.0. The number of aliphatic hydroxyl groups is 1. The molecule has 1 unspecified atom stereocenters. The lowest BCUT2D eigenvalue weighted by atomic mass is 9.74. The van der Waals surface area contributed by atoms with Crippen molar-refractivity contribution in [3.05, 3.63) is 52.8 Å². The Morgan fingerprint density at radius 1 is 1.15 bits per heavy atom. The van der Waals surface area contributed by atoms with Crippen LogP contribution in [0.2, 0.25) is 5.02 Å². The van der Waals surface area contributed by atoms with Gasteiger partial charge in [0.1, 0.15) is 11.6 Å². The summed E-state index contributed by atoms with van der Waals surface area (Å²) in [6.07, 6.45) is -2.30. The van der Waals surface area contributed by atoms with E-state index in [1.165, 1.54) is 18.2 Å². The van der Waals surface area contributed by atoms with Crippen LogP contribution < -0.4 is 15.4 Å². The normalized spacial score (nSPS) is 20.4. The van der Waals surface area contributed by atoms with Gasteiger partial charge < -0.3 is 30.3 Å². The van der Waals surface area contributed by atoms with Crippen LogP contribution in [0.3, 0.4) is 0 Å². The van der Waals surface area contributed by atoms with E-state index in [9.17, 15) is 27.5 Å². The number of likely N-dealkylation sites (tertiary alicyclic amines) is 2. The first-order chi connectivity index (χ1) is 18.5. The van der Waals surface area contributed by atoms with E-state index in [2.05, 4.69) is 20.3 Å². The number of amides is 2. The summed E-state index contributed by atoms with van der Waals surface area (Å²) in [4.78, 5) is 16.6. The molecule has 0 bridgehead atoms. The Hall–Kier alpha value is -2.76. The molecule has 0 saturated carbocycles. The van der Waals surface area contributed by atoms with Gasteiger partial charge >= 0.3 is 12.4 Å². The number of β-amino-alcohol motifs (C(OH)–C–C–N with tert-alkyl or cyclic N) is 1. The van der Waals surface area contributed by atoms with E-state index in [1.807, 2.05) is 0 Å². The fourth-order valence-electron chi connectivity index (χ4n) is 5.97. The average molecular weight is 571 g/mol. The highest BCUT2D eigenvalue weighted by Crippen LogP contribution is 2.44. The standard InChI is InChI=1S/C27H31ClF4N4O3/c28-21-14-19(2-4-24(21)39-27(30,31)32)34-25(38)36-9-5-17(6-10-36)23(37)15-35-11-7-26(8-12-35)16-33-22-3-1-18(29)13-20(22)26/h1-4,13-14,17,23,33,37H,5-12,15-16H2,(H,34,38). The zero-order chi connectivity index (χ0) is 27.8. The maximum absolute atomic E-state index is 13.9. The van der Waals surface area contributed by atoms with Gasteiger partial charge in [0.25, 0.3) is 0 Å². The third kappa shape index (κ3) is 6.36. The number of nitrogens with one attached hydrogen (secondary N) is 2. The van der Waals surface area contributed by atoms with Crippen LogP contribution in [-0.4, -0.2) is 72.7 Å². The third-order valence-electron chi connectivity index (χ3n) is 8.21. The Morgan fingerprint density at radius 2 is 1.87 bits per heavy atom. The van der Waals surface area contributed by atoms with Crippen molar-refractivity contribution >= 4 is 29.0 Å². The summed E-state index contributed by atoms with van der Waals surface area (Å²) in [5.74, 6) is -0.701. The number of rotatable bonds is 5. The molecule has 7 nitrogen and oxygen atoms in total. The first-order valence-corrected chi connectivity index (χ1v) is 13.4. The summed E-state index contributed by atoms with van der Waals surface area (Å²) < 4.78 is 55.0. The van der Waals surface area contributed by atoms with Gasteiger partial charge in [0, 0.05) is 43.0 Å². The van der Waals surface area contributed by atoms with E-state index in [0.717, 1.165) is 49.8 Å². The van der Waals surface area contributed by atoms with Gasteiger partial charge in [-0.2, -0.15) is 0 Å². The van der Waals surface area contributed by atoms with Gasteiger partial charge in [0.2, 0.25) is 0 Å². The van der Waals surface area contributed by atoms with E-state index in [0.29, 0.717) is 32.5 Å². The number of alkyl halides is 3. The zero-order valence-electron chi connectivity index (χ0n) is 21.2. The van der Waals surface area contributed by atoms with Crippen molar-refractivity contribution in [2.45, 2.75) is 43.6 Å². The van der Waals surface area contributed by atoms with Crippen molar-refractivity contribution in [1.82, 2.24) is 9.80 Å². The maximum Gasteiger partial charge on any atom is 0.573 e. The Morgan fingerprint density at radius 3 is 2.54 bits per heavy atom. The van der Waals surface area contributed by atoms with Gasteiger partial charge in [-0.1, -0.05) is 11.6 Å². The lowest BCUT2D eigenvalue weighted by molar-refractivity contribution is -0.274. The number of piperidine rings is 2. The van der Waals surface area contributed by atoms with Crippen molar-refractivity contribution in [3.63, 3.8) is 0 Å². The molecule has 3 aliphatic rings. The van der Waals surface area contributed by atoms with Crippen molar-refractivity contribution < 1.29 is 32.2 Å². The second-order valence-electron chi connectivity index (χ2n) is 10.6. The Balaban J connectivity index is 1.07. The Bertz CT molecular complexity index is 1200. The quantitative estimate of drug-likeness (QED) is 0.417. The fourth-order valence-corrected chi connectivity index (χ4v) is 6.19. The van der Waals surface area contributed by atoms with Gasteiger partial charge in [-0.15, -0.1) is 13.2 Å². The summed E-state index contributed by atoms with van der Waals surface area (Å²) in [5.41, 5.74) is 2.26. The summed E-state index contributed by atoms with van der Waals surface area (Å²) in [6.45, 7) is 3.92. The molecule has 3 N–H and O–H groups in total. The average Bonchev–Trinajstić information content (AvgIpc) is 3.23. The van der Waals surface area contributed by atoms with Crippen LogP contribution in [0.25, 0.3) is 0 Å². The molecule has 2 amide bonds. The van der Waals surface area contributed by atoms with E-state index in [-0.39, 0.29) is 33.9 Å². The highest BCUT2D eigenvalue weighted by atomic mass is 35.5. The van der Waals surface area contributed by atoms with E-state index >= 15 is 0 Å². The van der Waals surface area contributed by atoms with Crippen molar-refractivity contribution in [2.75, 3.05) is 49.9 Å². The fraction of sp³-hybridized carbons (Fsp3) is 0.519. The number of urea groups is 1. The van der Waals surface area contributed by atoms with Gasteiger partial charge in [-0.25, -0.2) is 9.18 Å². The van der Waals surface area contributed by atoms with Crippen LogP contribution in [0.1, 0.15) is 31.2 Å². The molecule has 39 heavy (non-hydrogen) atoms. The van der Waals surface area contributed by atoms with Gasteiger partial charge in [-0.3, -0.25) is 0 Å². The smallest absolute Gasteiger partial charge is 0.404 e. The molecule has 2 aromatic carbocycles. The molecular weight excluding hydrogens is 540 g/mol. The highest BCUT2D eigenvalue weighted by molar-refractivity contribution is 6.32. The number of aliphatic hydroxyl groups excluding tert-OH is 1. The molecule has 1 atom stereocenters. The molecule has 1 spiro atoms. The van der Waals surface area contributed by atoms with E-state index < -0.39 is 18.2 Å². The van der Waals surface area contributed by atoms with Crippen molar-refractivity contribution in [1.29, 1.82) is 0 Å². The number of carbonyl (C=O) groups is 1. The molecule has 2 saturated heterocycles. The maximum atomic E-state index is 13.9. The molecule has 3 aliphatic heterocycles. The lowest BCUT2D eigenvalue weighted by Crippen LogP contribution is -2.49. The number of nitrogens with zero attached hydrogens (tertiary/aromatic N) is 2. The van der Waals surface area contributed by atoms with E-state index in [1.54, 1.807) is 17.0 Å². The van der Waals surface area contributed by atoms with Crippen molar-refractivity contribution in [2.24, 2.45) is 5.92 Å². The molecule has 3 heterocycles. The van der Waals surface area contributed by atoms with Gasteiger partial charge in [0.15, 0.2) is 0 Å². The predicted octanol–water partition coefficient (Wildman–Crippen LogP) is 5.44. The number of fused-ring (bicyclic) bond motifs is 2. The van der Waals surface area contributed by atoms with Crippen LogP contribution in [-0.2, 0) is 5.41 Å². The van der Waals surface area contributed by atoms with Crippen LogP contribution in [0, 0.1) is 11.7 Å². The SMILES string of the molecule is O=C(Nc1ccc(OC(F)(F)F)c(Cl)c1)N1CCC(C(O)CN2CCC3(CC2)CNc2ccc(F)cc23)CC1. The lowest BCUT2D eigenvalue weighted by Gasteiger charge is -2.41. The largest absolute Gasteiger partial charge is 0.573 e. The number of carbonyl (C=O) groups excluding carboxylic acids is 1. The first kappa shape index (κ1) is 27.8. The third-order valence-corrected chi connectivity index (χ3v) is 8.50. The number of anilines is 2. The molecular formula is C27H31ClF4N4O3. The second-order valence-corrected chi connectivity index (χ2v) is 11.0.